The minimum Gasteiger partial charge on any atom is -0.370 e. The number of amides is 3. The summed E-state index contributed by atoms with van der Waals surface area (Å²) in [5, 5.41) is 2.72. The maximum atomic E-state index is 14.2. The molecule has 1 N–H and O–H groups in total. The Kier molecular flexibility index (Phi) is 13.5. The van der Waals surface area contributed by atoms with Crippen LogP contribution in [0.15, 0.2) is 42.5 Å². The molecule has 3 heterocycles. The normalized spacial score (nSPS) is 27.0. The SMILES string of the molecule is C[C@H]1CCCCC=CCCCC[C@@H](C(=O)C(=O)CCC(=O)N[C@H](C(=O)N(C)C)c2ccccc2)CC(=O)[C@@H]2[C@H]3CC(C)(C)OC3CN2C1=O. The summed E-state index contributed by atoms with van der Waals surface area (Å²) >= 11 is 0. The lowest BCUT2D eigenvalue weighted by Gasteiger charge is -2.31. The van der Waals surface area contributed by atoms with Crippen LogP contribution in [-0.4, -0.2) is 83.3 Å². The molecule has 0 aliphatic carbocycles. The molecule has 0 bridgehead atoms. The highest BCUT2D eigenvalue weighted by molar-refractivity contribution is 6.38. The van der Waals surface area contributed by atoms with Crippen LogP contribution in [0, 0.1) is 17.8 Å². The number of carbonyl (C=O) groups excluding carboxylic acids is 6. The third-order valence-electron chi connectivity index (χ3n) is 10.2. The smallest absolute Gasteiger partial charge is 0.249 e. The van der Waals surface area contributed by atoms with Gasteiger partial charge in [0.25, 0.3) is 0 Å². The molecule has 10 heteroatoms. The second-order valence-electron chi connectivity index (χ2n) is 15.0. The number of hydrogen-bond donors (Lipinski definition) is 1. The minimum atomic E-state index is -0.924. The number of carbonyl (C=O) groups is 6. The first-order valence-corrected chi connectivity index (χ1v) is 18.1. The first kappa shape index (κ1) is 38.1. The van der Waals surface area contributed by atoms with Crippen molar-refractivity contribution >= 4 is 35.1 Å². The van der Waals surface area contributed by atoms with Crippen LogP contribution in [-0.2, 0) is 33.5 Å². The highest BCUT2D eigenvalue weighted by atomic mass is 16.5. The number of ether oxygens (including phenoxy) is 1. The molecule has 1 aromatic rings. The molecular formula is C39H55N3O7. The van der Waals surface area contributed by atoms with E-state index < -0.39 is 41.1 Å². The van der Waals surface area contributed by atoms with Crippen LogP contribution in [0.25, 0.3) is 0 Å². The van der Waals surface area contributed by atoms with Crippen molar-refractivity contribution in [2.45, 2.75) is 122 Å². The Morgan fingerprint density at radius 2 is 1.61 bits per heavy atom. The van der Waals surface area contributed by atoms with Crippen molar-refractivity contribution in [3.05, 3.63) is 48.0 Å². The molecule has 2 saturated heterocycles. The van der Waals surface area contributed by atoms with E-state index >= 15 is 0 Å². The van der Waals surface area contributed by atoms with Gasteiger partial charge in [-0.25, -0.2) is 0 Å². The molecular weight excluding hydrogens is 622 g/mol. The molecule has 1 unspecified atom stereocenters. The number of nitrogens with one attached hydrogen (secondary N) is 1. The Bertz CT molecular complexity index is 1390. The van der Waals surface area contributed by atoms with Gasteiger partial charge in [0.05, 0.1) is 17.7 Å². The van der Waals surface area contributed by atoms with Crippen molar-refractivity contribution in [2.24, 2.45) is 17.8 Å². The second kappa shape index (κ2) is 17.3. The Balaban J connectivity index is 1.48. The molecule has 3 amide bonds. The minimum absolute atomic E-state index is 0.0551. The maximum Gasteiger partial charge on any atom is 0.249 e. The van der Waals surface area contributed by atoms with Gasteiger partial charge in [-0.15, -0.1) is 0 Å². The molecule has 1 aromatic carbocycles. The average Bonchev–Trinajstić information content (AvgIpc) is 3.56. The van der Waals surface area contributed by atoms with E-state index in [0.29, 0.717) is 31.4 Å². The number of ketones is 3. The first-order chi connectivity index (χ1) is 23.3. The number of hydrogen-bond acceptors (Lipinski definition) is 7. The zero-order chi connectivity index (χ0) is 35.7. The molecule has 0 spiro atoms. The van der Waals surface area contributed by atoms with Gasteiger partial charge in [0, 0.05) is 57.7 Å². The molecule has 0 radical (unpaired) electrons. The van der Waals surface area contributed by atoms with Crippen LogP contribution in [0.4, 0.5) is 0 Å². The fraction of sp³-hybridized carbons (Fsp3) is 0.641. The first-order valence-electron chi connectivity index (χ1n) is 18.1. The van der Waals surface area contributed by atoms with E-state index in [1.54, 1.807) is 43.3 Å². The molecule has 268 valence electrons. The van der Waals surface area contributed by atoms with E-state index in [9.17, 15) is 28.8 Å². The van der Waals surface area contributed by atoms with Gasteiger partial charge >= 0.3 is 0 Å². The van der Waals surface area contributed by atoms with Crippen LogP contribution < -0.4 is 5.32 Å². The largest absolute Gasteiger partial charge is 0.370 e. The summed E-state index contributed by atoms with van der Waals surface area (Å²) in [6, 6.07) is 7.23. The molecule has 10 nitrogen and oxygen atoms in total. The topological polar surface area (TPSA) is 130 Å². The Morgan fingerprint density at radius 3 is 2.27 bits per heavy atom. The lowest BCUT2D eigenvalue weighted by atomic mass is 9.82. The quantitative estimate of drug-likeness (QED) is 0.298. The lowest BCUT2D eigenvalue weighted by Crippen LogP contribution is -2.47. The maximum absolute atomic E-state index is 14.2. The fourth-order valence-electron chi connectivity index (χ4n) is 7.61. The molecule has 2 fully saturated rings. The summed E-state index contributed by atoms with van der Waals surface area (Å²) in [5.74, 6) is -3.68. The van der Waals surface area contributed by atoms with Gasteiger partial charge in [0.2, 0.25) is 23.5 Å². The zero-order valence-electron chi connectivity index (χ0n) is 30.0. The molecule has 0 aromatic heterocycles. The van der Waals surface area contributed by atoms with Crippen LogP contribution in [0.1, 0.15) is 109 Å². The van der Waals surface area contributed by atoms with Gasteiger partial charge in [-0.3, -0.25) is 28.8 Å². The van der Waals surface area contributed by atoms with Crippen molar-refractivity contribution in [2.75, 3.05) is 20.6 Å². The third kappa shape index (κ3) is 10.2. The second-order valence-corrected chi connectivity index (χ2v) is 15.0. The monoisotopic (exact) mass is 677 g/mol. The summed E-state index contributed by atoms with van der Waals surface area (Å²) < 4.78 is 6.29. The van der Waals surface area contributed by atoms with E-state index in [1.165, 1.54) is 4.90 Å². The average molecular weight is 678 g/mol. The van der Waals surface area contributed by atoms with Crippen molar-refractivity contribution in [1.82, 2.24) is 15.1 Å². The standard InChI is InChI=1S/C39H55N3O7/c1-26-17-13-10-8-6-7-9-11-14-20-28(23-31(44)35-29-24-39(2,3)49-32(29)25-42(35)37(26)47)36(46)30(43)21-22-33(45)40-34(38(48)41(4)5)27-18-15-12-16-19-27/h6-7,12,15-16,18-19,26,28-29,32,34-35H,8-11,13-14,17,20-25H2,1-5H3,(H,40,45)/t26-,28+,29-,32?,34-,35-/m0/s1. The third-order valence-corrected chi connectivity index (χ3v) is 10.2. The summed E-state index contributed by atoms with van der Waals surface area (Å²) in [6.45, 7) is 6.27. The van der Waals surface area contributed by atoms with Crippen molar-refractivity contribution in [1.29, 1.82) is 0 Å². The number of fused-ring (bicyclic) bond motifs is 3. The number of benzene rings is 1. The van der Waals surface area contributed by atoms with Gasteiger partial charge < -0.3 is 19.9 Å². The molecule has 6 atom stereocenters. The highest BCUT2D eigenvalue weighted by Crippen LogP contribution is 2.44. The van der Waals surface area contributed by atoms with E-state index in [4.69, 9.17) is 4.74 Å². The number of Topliss-reactive ketones (excluding diaryl/α,β-unsaturated/α-hetero) is 3. The summed E-state index contributed by atoms with van der Waals surface area (Å²) in [5.41, 5.74) is 0.193. The predicted molar refractivity (Wildman–Crippen MR) is 186 cm³/mol. The van der Waals surface area contributed by atoms with Gasteiger partial charge in [0.15, 0.2) is 11.6 Å². The summed E-state index contributed by atoms with van der Waals surface area (Å²) in [4.78, 5) is 83.9. The van der Waals surface area contributed by atoms with Gasteiger partial charge in [-0.2, -0.15) is 0 Å². The van der Waals surface area contributed by atoms with Crippen LogP contribution in [0.5, 0.6) is 0 Å². The number of allylic oxidation sites excluding steroid dienone is 2. The highest BCUT2D eigenvalue weighted by Gasteiger charge is 2.55. The van der Waals surface area contributed by atoms with Crippen molar-refractivity contribution in [3.8, 4) is 0 Å². The molecule has 4 rings (SSSR count). The van der Waals surface area contributed by atoms with E-state index in [1.807, 2.05) is 26.8 Å². The van der Waals surface area contributed by atoms with E-state index in [2.05, 4.69) is 17.5 Å². The van der Waals surface area contributed by atoms with Crippen LogP contribution in [0.3, 0.4) is 0 Å². The molecule has 3 aliphatic heterocycles. The van der Waals surface area contributed by atoms with Crippen LogP contribution in [0.2, 0.25) is 0 Å². The van der Waals surface area contributed by atoms with Gasteiger partial charge in [-0.05, 0) is 64.4 Å². The molecule has 49 heavy (non-hydrogen) atoms. The molecule has 3 aliphatic rings. The fourth-order valence-corrected chi connectivity index (χ4v) is 7.61. The number of nitrogens with zero attached hydrogens (tertiary/aromatic N) is 2. The summed E-state index contributed by atoms with van der Waals surface area (Å²) in [6.07, 6.45) is 10.3. The Hall–Kier alpha value is -3.66. The predicted octanol–water partition coefficient (Wildman–Crippen LogP) is 5.15. The zero-order valence-corrected chi connectivity index (χ0v) is 30.0. The summed E-state index contributed by atoms with van der Waals surface area (Å²) in [7, 11) is 3.20. The Labute approximate surface area is 291 Å². The van der Waals surface area contributed by atoms with Gasteiger partial charge in [0.1, 0.15) is 6.04 Å². The lowest BCUT2D eigenvalue weighted by molar-refractivity contribution is -0.144. The van der Waals surface area contributed by atoms with E-state index in [-0.39, 0.29) is 54.8 Å². The Morgan fingerprint density at radius 1 is 0.959 bits per heavy atom. The van der Waals surface area contributed by atoms with E-state index in [0.717, 1.165) is 38.5 Å². The van der Waals surface area contributed by atoms with Crippen molar-refractivity contribution < 1.29 is 33.5 Å². The number of rotatable bonds is 8. The molecule has 0 saturated carbocycles. The van der Waals surface area contributed by atoms with Crippen LogP contribution >= 0.6 is 0 Å². The van der Waals surface area contributed by atoms with Crippen molar-refractivity contribution in [3.63, 3.8) is 0 Å². The number of likely N-dealkylation sites (N-methyl/N-ethyl adjacent to an activating group) is 1. The van der Waals surface area contributed by atoms with Gasteiger partial charge in [-0.1, -0.05) is 62.2 Å².